The lowest BCUT2D eigenvalue weighted by Gasteiger charge is -2.35. The zero-order valence-electron chi connectivity index (χ0n) is 18.3. The van der Waals surface area contributed by atoms with Crippen molar-refractivity contribution in [2.45, 2.75) is 11.4 Å². The van der Waals surface area contributed by atoms with Gasteiger partial charge in [-0.3, -0.25) is 4.79 Å². The Morgan fingerprint density at radius 1 is 1.06 bits per heavy atom. The minimum atomic E-state index is -3.86. The Kier molecular flexibility index (Phi) is 8.36. The zero-order valence-corrected chi connectivity index (χ0v) is 21.4. The Balaban J connectivity index is 0.00000342. The van der Waals surface area contributed by atoms with E-state index in [1.165, 1.54) is 33.4 Å². The molecular weight excluding hydrogens is 535 g/mol. The van der Waals surface area contributed by atoms with Crippen LogP contribution in [0.5, 0.6) is 0 Å². The average Bonchev–Trinajstić information content (AvgIpc) is 3.21. The number of para-hydroxylation sites is 1. The molecule has 3 aromatic rings. The summed E-state index contributed by atoms with van der Waals surface area (Å²) in [5, 5.41) is 19.3. The maximum absolute atomic E-state index is 13.4. The fraction of sp³-hybridized carbons (Fsp3) is 0.217. The third-order valence-electron chi connectivity index (χ3n) is 5.57. The van der Waals surface area contributed by atoms with Gasteiger partial charge in [0.1, 0.15) is 12.6 Å². The second-order valence-electron chi connectivity index (χ2n) is 7.78. The van der Waals surface area contributed by atoms with Gasteiger partial charge in [0.05, 0.1) is 21.2 Å². The Hall–Kier alpha value is -2.74. The number of carboxylic acid groups (broad SMARTS) is 1. The third kappa shape index (κ3) is 5.74. The summed E-state index contributed by atoms with van der Waals surface area (Å²) in [7, 11) is -3.86. The van der Waals surface area contributed by atoms with Crippen molar-refractivity contribution in [3.05, 3.63) is 70.5 Å². The molecule has 1 aliphatic rings. The summed E-state index contributed by atoms with van der Waals surface area (Å²) in [6.45, 7) is 1.18. The van der Waals surface area contributed by atoms with E-state index in [-0.39, 0.29) is 47.5 Å². The number of rotatable bonds is 6. The summed E-state index contributed by atoms with van der Waals surface area (Å²) in [5.74, 6) is -1.06. The van der Waals surface area contributed by atoms with Crippen LogP contribution >= 0.6 is 35.6 Å². The van der Waals surface area contributed by atoms with Gasteiger partial charge in [-0.25, -0.2) is 8.42 Å². The van der Waals surface area contributed by atoms with E-state index < -0.39 is 16.0 Å². The quantitative estimate of drug-likeness (QED) is 0.485. The number of carboxylic acids is 1. The van der Waals surface area contributed by atoms with Crippen molar-refractivity contribution in [2.75, 3.05) is 31.1 Å². The van der Waals surface area contributed by atoms with E-state index in [4.69, 9.17) is 28.3 Å². The van der Waals surface area contributed by atoms with Crippen LogP contribution in [0.4, 0.5) is 5.69 Å². The lowest BCUT2D eigenvalue weighted by molar-refractivity contribution is -0.137. The van der Waals surface area contributed by atoms with Gasteiger partial charge in [0.25, 0.3) is 0 Å². The predicted molar refractivity (Wildman–Crippen MR) is 137 cm³/mol. The van der Waals surface area contributed by atoms with Crippen molar-refractivity contribution in [2.24, 2.45) is 0 Å². The van der Waals surface area contributed by atoms with Gasteiger partial charge in [0.15, 0.2) is 0 Å². The number of aliphatic carboxylic acids is 1. The fourth-order valence-corrected chi connectivity index (χ4v) is 6.02. The molecule has 0 atom stereocenters. The first-order chi connectivity index (χ1) is 16.2. The number of benzene rings is 2. The van der Waals surface area contributed by atoms with Gasteiger partial charge < -0.3 is 14.6 Å². The lowest BCUT2D eigenvalue weighted by Crippen LogP contribution is -2.48. The van der Waals surface area contributed by atoms with Crippen LogP contribution < -0.4 is 4.90 Å². The van der Waals surface area contributed by atoms with Crippen LogP contribution in [0.15, 0.2) is 59.8 Å². The Bertz CT molecular complexity index is 1390. The minimum Gasteiger partial charge on any atom is -0.480 e. The van der Waals surface area contributed by atoms with E-state index in [1.807, 2.05) is 29.2 Å². The summed E-state index contributed by atoms with van der Waals surface area (Å²) in [6, 6.07) is 13.8. The van der Waals surface area contributed by atoms with Gasteiger partial charge in [0.2, 0.25) is 10.0 Å². The highest BCUT2D eigenvalue weighted by atomic mass is 35.5. The van der Waals surface area contributed by atoms with Crippen LogP contribution in [0, 0.1) is 11.3 Å². The first-order valence-corrected chi connectivity index (χ1v) is 12.5. The van der Waals surface area contributed by atoms with E-state index in [9.17, 15) is 18.5 Å². The van der Waals surface area contributed by atoms with Crippen molar-refractivity contribution in [3.8, 4) is 17.2 Å². The highest BCUT2D eigenvalue weighted by Gasteiger charge is 2.30. The predicted octanol–water partition coefficient (Wildman–Crippen LogP) is 4.35. The fourth-order valence-electron chi connectivity index (χ4n) is 3.97. The largest absolute Gasteiger partial charge is 0.480 e. The molecule has 12 heteroatoms. The number of halogens is 3. The molecule has 35 heavy (non-hydrogen) atoms. The molecule has 0 aliphatic carbocycles. The molecule has 2 heterocycles. The highest BCUT2D eigenvalue weighted by molar-refractivity contribution is 7.89. The number of hydrogen-bond donors (Lipinski definition) is 1. The van der Waals surface area contributed by atoms with Crippen LogP contribution in [-0.4, -0.2) is 54.5 Å². The summed E-state index contributed by atoms with van der Waals surface area (Å²) >= 11 is 12.5. The molecule has 1 aliphatic heterocycles. The summed E-state index contributed by atoms with van der Waals surface area (Å²) in [6.07, 6.45) is 2.91. The molecule has 1 aromatic heterocycles. The lowest BCUT2D eigenvalue weighted by atomic mass is 10.1. The molecule has 8 nitrogen and oxygen atoms in total. The third-order valence-corrected chi connectivity index (χ3v) is 7.98. The molecule has 1 fully saturated rings. The van der Waals surface area contributed by atoms with Crippen LogP contribution in [0.1, 0.15) is 5.56 Å². The molecule has 1 saturated heterocycles. The average molecular weight is 556 g/mol. The van der Waals surface area contributed by atoms with Crippen molar-refractivity contribution < 1.29 is 18.3 Å². The van der Waals surface area contributed by atoms with Gasteiger partial charge in [-0.1, -0.05) is 35.3 Å². The molecule has 0 bridgehead atoms. The number of nitriles is 1. The number of hydrogen-bond acceptors (Lipinski definition) is 5. The summed E-state index contributed by atoms with van der Waals surface area (Å²) in [5.41, 5.74) is 1.91. The standard InChI is InChI=1S/C23H20Cl2N4O4S.ClH/c24-18-9-16(20-14-27(15-23(30)31)13-17(20)12-26)10-19(11-18)34(32,33)29-7-5-28(6-8-29)22-4-2-1-3-21(22)25;/h1-4,9-11,13-14H,5-8,15H2,(H,30,31);1H. The minimum absolute atomic E-state index is 0. The normalized spacial score (nSPS) is 14.3. The van der Waals surface area contributed by atoms with Crippen molar-refractivity contribution in [3.63, 3.8) is 0 Å². The van der Waals surface area contributed by atoms with Gasteiger partial charge in [-0.05, 0) is 35.9 Å². The number of nitrogens with zero attached hydrogens (tertiary/aromatic N) is 4. The van der Waals surface area contributed by atoms with Crippen molar-refractivity contribution in [1.29, 1.82) is 5.26 Å². The SMILES string of the molecule is Cl.N#Cc1cn(CC(=O)O)cc1-c1cc(Cl)cc(S(=O)(=O)N2CCN(c3ccccc3Cl)CC2)c1. The molecular formula is C23H21Cl3N4O4S. The smallest absolute Gasteiger partial charge is 0.323 e. The van der Waals surface area contributed by atoms with E-state index >= 15 is 0 Å². The van der Waals surface area contributed by atoms with Gasteiger partial charge in [-0.2, -0.15) is 9.57 Å². The maximum atomic E-state index is 13.4. The van der Waals surface area contributed by atoms with E-state index in [2.05, 4.69) is 0 Å². The number of anilines is 1. The highest BCUT2D eigenvalue weighted by Crippen LogP contribution is 2.32. The first kappa shape index (κ1) is 26.9. The Morgan fingerprint density at radius 2 is 1.74 bits per heavy atom. The molecule has 0 unspecified atom stereocenters. The van der Waals surface area contributed by atoms with Gasteiger partial charge in [0, 0.05) is 49.2 Å². The molecule has 4 rings (SSSR count). The number of sulfonamides is 1. The Labute approximate surface area is 219 Å². The number of aromatic nitrogens is 1. The second kappa shape index (κ2) is 10.9. The summed E-state index contributed by atoms with van der Waals surface area (Å²) < 4.78 is 29.6. The van der Waals surface area contributed by atoms with E-state index in [0.717, 1.165) is 5.69 Å². The molecule has 0 spiro atoms. The van der Waals surface area contributed by atoms with Crippen LogP contribution in [0.25, 0.3) is 11.1 Å². The number of piperazine rings is 1. The van der Waals surface area contributed by atoms with Crippen molar-refractivity contribution >= 4 is 57.3 Å². The van der Waals surface area contributed by atoms with Crippen molar-refractivity contribution in [1.82, 2.24) is 8.87 Å². The van der Waals surface area contributed by atoms with Crippen LogP contribution in [0.2, 0.25) is 10.0 Å². The van der Waals surface area contributed by atoms with Crippen LogP contribution in [-0.2, 0) is 21.4 Å². The topological polar surface area (TPSA) is 107 Å². The monoisotopic (exact) mass is 554 g/mol. The van der Waals surface area contributed by atoms with Gasteiger partial charge in [-0.15, -0.1) is 12.4 Å². The van der Waals surface area contributed by atoms with Crippen LogP contribution in [0.3, 0.4) is 0 Å². The van der Waals surface area contributed by atoms with E-state index in [1.54, 1.807) is 12.1 Å². The first-order valence-electron chi connectivity index (χ1n) is 10.3. The maximum Gasteiger partial charge on any atom is 0.323 e. The molecule has 184 valence electrons. The second-order valence-corrected chi connectivity index (χ2v) is 10.6. The van der Waals surface area contributed by atoms with Gasteiger partial charge >= 0.3 is 5.97 Å². The summed E-state index contributed by atoms with van der Waals surface area (Å²) in [4.78, 5) is 13.1. The van der Waals surface area contributed by atoms with E-state index in [0.29, 0.717) is 29.2 Å². The molecule has 1 N–H and O–H groups in total. The number of carbonyl (C=O) groups is 1. The zero-order chi connectivity index (χ0) is 24.5. The molecule has 0 radical (unpaired) electrons. The molecule has 0 saturated carbocycles. The Morgan fingerprint density at radius 3 is 2.37 bits per heavy atom. The molecule has 0 amide bonds. The molecule has 2 aromatic carbocycles.